The largest absolute Gasteiger partial charge is 0.507 e. The molecule has 2 aromatic carbocycles. The Balaban J connectivity index is 2.04. The number of aliphatic hydroxyl groups is 1. The summed E-state index contributed by atoms with van der Waals surface area (Å²) in [5.41, 5.74) is 1.25. The predicted molar refractivity (Wildman–Crippen MR) is 120 cm³/mol. The standard InChI is InChI=1S/C25H26O7/c1-12(2)5-7-14-21(29)20-22(30)16(13-6-8-17(26)18(27)9-13)11-31-24(20)15-10-19(28)25(3,4)32-23(14)15/h5-6,8-9,11,19,26-29H,7,10H2,1-4H3. The topological polar surface area (TPSA) is 120 Å². The zero-order chi connectivity index (χ0) is 23.4. The van der Waals surface area contributed by atoms with Crippen molar-refractivity contribution in [2.24, 2.45) is 0 Å². The number of hydrogen-bond acceptors (Lipinski definition) is 7. The molecular weight excluding hydrogens is 412 g/mol. The first-order valence-electron chi connectivity index (χ1n) is 10.4. The van der Waals surface area contributed by atoms with Gasteiger partial charge >= 0.3 is 0 Å². The molecule has 2 heterocycles. The van der Waals surface area contributed by atoms with E-state index in [0.717, 1.165) is 5.57 Å². The van der Waals surface area contributed by atoms with Gasteiger partial charge in [0.1, 0.15) is 34.3 Å². The fourth-order valence-electron chi connectivity index (χ4n) is 3.91. The van der Waals surface area contributed by atoms with Gasteiger partial charge in [0, 0.05) is 17.5 Å². The van der Waals surface area contributed by atoms with E-state index in [0.29, 0.717) is 28.9 Å². The molecule has 1 aliphatic rings. The summed E-state index contributed by atoms with van der Waals surface area (Å²) in [5.74, 6) is -0.503. The molecular formula is C25H26O7. The zero-order valence-corrected chi connectivity index (χ0v) is 18.4. The van der Waals surface area contributed by atoms with Crippen molar-refractivity contribution in [3.63, 3.8) is 0 Å². The molecule has 0 fully saturated rings. The third-order valence-corrected chi connectivity index (χ3v) is 5.90. The molecule has 0 spiro atoms. The van der Waals surface area contributed by atoms with Crippen LogP contribution in [0.15, 0.2) is 45.3 Å². The van der Waals surface area contributed by atoms with Gasteiger partial charge in [-0.2, -0.15) is 0 Å². The monoisotopic (exact) mass is 438 g/mol. The van der Waals surface area contributed by atoms with Crippen molar-refractivity contribution in [3.05, 3.63) is 57.5 Å². The molecule has 3 aromatic rings. The van der Waals surface area contributed by atoms with Crippen LogP contribution in [0.25, 0.3) is 22.1 Å². The minimum absolute atomic E-state index is 0.0125. The summed E-state index contributed by atoms with van der Waals surface area (Å²) in [5, 5.41) is 41.2. The average molecular weight is 438 g/mol. The highest BCUT2D eigenvalue weighted by Gasteiger charge is 2.39. The molecule has 1 unspecified atom stereocenters. The third kappa shape index (κ3) is 3.48. The van der Waals surface area contributed by atoms with Gasteiger partial charge in [0.2, 0.25) is 5.43 Å². The number of allylic oxidation sites excluding steroid dienone is 2. The van der Waals surface area contributed by atoms with E-state index in [2.05, 4.69) is 0 Å². The lowest BCUT2D eigenvalue weighted by atomic mass is 9.87. The second-order valence-electron chi connectivity index (χ2n) is 8.93. The van der Waals surface area contributed by atoms with E-state index >= 15 is 0 Å². The molecule has 7 nitrogen and oxygen atoms in total. The summed E-state index contributed by atoms with van der Waals surface area (Å²) in [4.78, 5) is 13.4. The van der Waals surface area contributed by atoms with Gasteiger partial charge in [0.25, 0.3) is 0 Å². The summed E-state index contributed by atoms with van der Waals surface area (Å²) in [6.07, 6.45) is 2.87. The molecule has 32 heavy (non-hydrogen) atoms. The van der Waals surface area contributed by atoms with Crippen LogP contribution in [0.3, 0.4) is 0 Å². The van der Waals surface area contributed by atoms with E-state index in [1.165, 1.54) is 24.5 Å². The first kappa shape index (κ1) is 21.8. The van der Waals surface area contributed by atoms with Gasteiger partial charge in [-0.05, 0) is 51.8 Å². The quantitative estimate of drug-likeness (QED) is 0.358. The predicted octanol–water partition coefficient (Wildman–Crippen LogP) is 4.16. The maximum absolute atomic E-state index is 13.4. The van der Waals surface area contributed by atoms with Crippen LogP contribution in [0.2, 0.25) is 0 Å². The minimum Gasteiger partial charge on any atom is -0.507 e. The molecule has 1 aliphatic heterocycles. The smallest absolute Gasteiger partial charge is 0.204 e. The number of aliphatic hydroxyl groups excluding tert-OH is 1. The molecule has 168 valence electrons. The SMILES string of the molecule is CC(C)=CCc1c2c(c3occ(-c4ccc(O)c(O)c4)c(=O)c3c1O)CC(O)C(C)(C)O2. The normalized spacial score (nSPS) is 17.0. The van der Waals surface area contributed by atoms with E-state index in [9.17, 15) is 25.2 Å². The number of ether oxygens (including phenoxy) is 1. The molecule has 0 aliphatic carbocycles. The molecule has 4 N–H and O–H groups in total. The Morgan fingerprint density at radius 1 is 1.19 bits per heavy atom. The fraction of sp³-hybridized carbons (Fsp3) is 0.320. The number of benzene rings is 2. The van der Waals surface area contributed by atoms with Crippen LogP contribution in [0.4, 0.5) is 0 Å². The summed E-state index contributed by atoms with van der Waals surface area (Å²) in [6.45, 7) is 7.40. The van der Waals surface area contributed by atoms with Crippen molar-refractivity contribution in [1.82, 2.24) is 0 Å². The zero-order valence-electron chi connectivity index (χ0n) is 18.4. The second kappa shape index (κ2) is 7.60. The Bertz CT molecular complexity index is 1310. The third-order valence-electron chi connectivity index (χ3n) is 5.90. The first-order chi connectivity index (χ1) is 15.0. The molecule has 0 bridgehead atoms. The lowest BCUT2D eigenvalue weighted by molar-refractivity contribution is -0.0415. The molecule has 1 atom stereocenters. The Hall–Kier alpha value is -3.45. The van der Waals surface area contributed by atoms with E-state index in [1.54, 1.807) is 13.8 Å². The van der Waals surface area contributed by atoms with Gasteiger partial charge in [0.05, 0.1) is 11.7 Å². The molecule has 7 heteroatoms. The Kier molecular flexibility index (Phi) is 5.17. The van der Waals surface area contributed by atoms with Crippen molar-refractivity contribution in [2.45, 2.75) is 52.2 Å². The molecule has 0 radical (unpaired) electrons. The van der Waals surface area contributed by atoms with Crippen molar-refractivity contribution < 1.29 is 29.6 Å². The lowest BCUT2D eigenvalue weighted by Crippen LogP contribution is -2.46. The number of phenols is 3. The van der Waals surface area contributed by atoms with Gasteiger partial charge < -0.3 is 29.6 Å². The highest BCUT2D eigenvalue weighted by Crippen LogP contribution is 2.46. The maximum Gasteiger partial charge on any atom is 0.204 e. The number of rotatable bonds is 3. The van der Waals surface area contributed by atoms with Crippen LogP contribution in [-0.2, 0) is 12.8 Å². The van der Waals surface area contributed by atoms with Gasteiger partial charge in [-0.1, -0.05) is 17.7 Å². The molecule has 0 saturated heterocycles. The van der Waals surface area contributed by atoms with Crippen LogP contribution in [0.5, 0.6) is 23.0 Å². The highest BCUT2D eigenvalue weighted by molar-refractivity contribution is 5.93. The van der Waals surface area contributed by atoms with Gasteiger partial charge in [-0.3, -0.25) is 4.79 Å². The van der Waals surface area contributed by atoms with Gasteiger partial charge in [0.15, 0.2) is 11.5 Å². The van der Waals surface area contributed by atoms with Gasteiger partial charge in [-0.25, -0.2) is 0 Å². The van der Waals surface area contributed by atoms with Crippen molar-refractivity contribution in [1.29, 1.82) is 0 Å². The molecule has 4 rings (SSSR count). The second-order valence-corrected chi connectivity index (χ2v) is 8.93. The van der Waals surface area contributed by atoms with E-state index in [-0.39, 0.29) is 40.2 Å². The average Bonchev–Trinajstić information content (AvgIpc) is 2.71. The maximum atomic E-state index is 13.4. The Labute approximate surface area is 184 Å². The van der Waals surface area contributed by atoms with Crippen molar-refractivity contribution in [2.75, 3.05) is 0 Å². The van der Waals surface area contributed by atoms with Crippen LogP contribution < -0.4 is 10.2 Å². The summed E-state index contributed by atoms with van der Waals surface area (Å²) in [7, 11) is 0. The first-order valence-corrected chi connectivity index (χ1v) is 10.4. The highest BCUT2D eigenvalue weighted by atomic mass is 16.5. The summed E-state index contributed by atoms with van der Waals surface area (Å²) in [6, 6.07) is 4.00. The van der Waals surface area contributed by atoms with E-state index in [4.69, 9.17) is 9.15 Å². The van der Waals surface area contributed by atoms with E-state index in [1.807, 2.05) is 19.9 Å². The minimum atomic E-state index is -0.878. The van der Waals surface area contributed by atoms with Crippen LogP contribution in [0.1, 0.15) is 38.8 Å². The van der Waals surface area contributed by atoms with Crippen molar-refractivity contribution >= 4 is 11.0 Å². The summed E-state index contributed by atoms with van der Waals surface area (Å²) < 4.78 is 11.9. The number of aromatic hydroxyl groups is 3. The molecule has 1 aromatic heterocycles. The number of phenolic OH excluding ortho intramolecular Hbond substituents is 3. The molecule has 0 saturated carbocycles. The molecule has 0 amide bonds. The number of fused-ring (bicyclic) bond motifs is 3. The van der Waals surface area contributed by atoms with Crippen LogP contribution in [0, 0.1) is 0 Å². The Morgan fingerprint density at radius 2 is 1.91 bits per heavy atom. The fourth-order valence-corrected chi connectivity index (χ4v) is 3.91. The van der Waals surface area contributed by atoms with Gasteiger partial charge in [-0.15, -0.1) is 0 Å². The summed E-state index contributed by atoms with van der Waals surface area (Å²) >= 11 is 0. The lowest BCUT2D eigenvalue weighted by Gasteiger charge is -2.38. The van der Waals surface area contributed by atoms with Crippen LogP contribution >= 0.6 is 0 Å². The van der Waals surface area contributed by atoms with Crippen LogP contribution in [-0.4, -0.2) is 32.1 Å². The van der Waals surface area contributed by atoms with Crippen molar-refractivity contribution in [3.8, 4) is 34.1 Å². The van der Waals surface area contributed by atoms with E-state index < -0.39 is 17.1 Å². The Morgan fingerprint density at radius 3 is 2.56 bits per heavy atom. The number of hydrogen-bond donors (Lipinski definition) is 4.